The topological polar surface area (TPSA) is 109 Å². The fourth-order valence-corrected chi connectivity index (χ4v) is 2.59. The maximum Gasteiger partial charge on any atom is 0.275 e. The summed E-state index contributed by atoms with van der Waals surface area (Å²) in [6, 6.07) is 2.95. The van der Waals surface area contributed by atoms with Crippen LogP contribution in [0.1, 0.15) is 5.76 Å². The van der Waals surface area contributed by atoms with Gasteiger partial charge in [0.2, 0.25) is 15.1 Å². The summed E-state index contributed by atoms with van der Waals surface area (Å²) in [6.07, 6.45) is 1.08. The Bertz CT molecular complexity index is 634. The van der Waals surface area contributed by atoms with Gasteiger partial charge in [-0.3, -0.25) is 0 Å². The Kier molecular flexibility index (Phi) is 5.71. The molecule has 0 atom stereocenters. The van der Waals surface area contributed by atoms with E-state index in [0.29, 0.717) is 18.8 Å². The third kappa shape index (κ3) is 5.21. The van der Waals surface area contributed by atoms with Gasteiger partial charge in [-0.15, -0.1) is 0 Å². The smallest absolute Gasteiger partial charge is 0.275 e. The summed E-state index contributed by atoms with van der Waals surface area (Å²) >= 11 is 0. The predicted octanol–water partition coefficient (Wildman–Crippen LogP) is -0.831. The van der Waals surface area contributed by atoms with Gasteiger partial charge in [-0.25, -0.2) is 25.9 Å². The summed E-state index contributed by atoms with van der Waals surface area (Å²) in [7, 11) is -3.91. The molecule has 0 spiro atoms. The first-order chi connectivity index (χ1) is 9.13. The lowest BCUT2D eigenvalue weighted by Crippen LogP contribution is -2.30. The SMILES string of the molecule is CN(C)S(=O)(=O)c1ccc(CNCCNS(C)(=O)=O)o1. The highest BCUT2D eigenvalue weighted by atomic mass is 32.2. The minimum atomic E-state index is -3.56. The lowest BCUT2D eigenvalue weighted by Gasteiger charge is -2.08. The Morgan fingerprint density at radius 3 is 2.35 bits per heavy atom. The Hall–Kier alpha value is -0.940. The fourth-order valence-electron chi connectivity index (χ4n) is 1.31. The highest BCUT2D eigenvalue weighted by Gasteiger charge is 2.21. The zero-order chi connectivity index (χ0) is 15.4. The standard InChI is InChI=1S/C10H19N3O5S2/c1-13(2)20(16,17)10-5-4-9(18-10)8-11-6-7-12-19(3,14)15/h4-5,11-12H,6-8H2,1-3H3. The van der Waals surface area contributed by atoms with Gasteiger partial charge in [0, 0.05) is 27.2 Å². The van der Waals surface area contributed by atoms with E-state index >= 15 is 0 Å². The summed E-state index contributed by atoms with van der Waals surface area (Å²) in [5.41, 5.74) is 0. The summed E-state index contributed by atoms with van der Waals surface area (Å²) in [5, 5.41) is 2.82. The molecule has 10 heteroatoms. The van der Waals surface area contributed by atoms with Crippen LogP contribution in [-0.4, -0.2) is 54.6 Å². The van der Waals surface area contributed by atoms with E-state index in [1.165, 1.54) is 20.2 Å². The monoisotopic (exact) mass is 325 g/mol. The van der Waals surface area contributed by atoms with Gasteiger partial charge < -0.3 is 9.73 Å². The first-order valence-corrected chi connectivity index (χ1v) is 9.12. The van der Waals surface area contributed by atoms with Gasteiger partial charge in [-0.05, 0) is 12.1 Å². The van der Waals surface area contributed by atoms with Crippen molar-refractivity contribution in [1.29, 1.82) is 0 Å². The molecule has 0 amide bonds. The van der Waals surface area contributed by atoms with E-state index < -0.39 is 20.0 Å². The van der Waals surface area contributed by atoms with Gasteiger partial charge in [-0.1, -0.05) is 0 Å². The van der Waals surface area contributed by atoms with Gasteiger partial charge in [-0.2, -0.15) is 0 Å². The summed E-state index contributed by atoms with van der Waals surface area (Å²) in [5.74, 6) is 0.463. The fraction of sp³-hybridized carbons (Fsp3) is 0.600. The number of hydrogen-bond acceptors (Lipinski definition) is 6. The normalized spacial score (nSPS) is 13.0. The van der Waals surface area contributed by atoms with Gasteiger partial charge in [0.1, 0.15) is 5.76 Å². The van der Waals surface area contributed by atoms with Crippen LogP contribution in [0.4, 0.5) is 0 Å². The molecule has 1 aromatic rings. The molecule has 0 radical (unpaired) electrons. The van der Waals surface area contributed by atoms with E-state index in [0.717, 1.165) is 10.6 Å². The van der Waals surface area contributed by atoms with Crippen LogP contribution in [-0.2, 0) is 26.6 Å². The van der Waals surface area contributed by atoms with Crippen LogP contribution in [0.3, 0.4) is 0 Å². The lowest BCUT2D eigenvalue weighted by molar-refractivity contribution is 0.389. The van der Waals surface area contributed by atoms with Crippen LogP contribution in [0.2, 0.25) is 0 Å². The molecule has 0 saturated heterocycles. The van der Waals surface area contributed by atoms with Crippen molar-refractivity contribution in [1.82, 2.24) is 14.3 Å². The molecule has 1 aromatic heterocycles. The van der Waals surface area contributed by atoms with Crippen molar-refractivity contribution in [2.75, 3.05) is 33.4 Å². The molecular weight excluding hydrogens is 306 g/mol. The molecule has 0 aliphatic carbocycles. The highest BCUT2D eigenvalue weighted by molar-refractivity contribution is 7.89. The third-order valence-electron chi connectivity index (χ3n) is 2.34. The summed E-state index contributed by atoms with van der Waals surface area (Å²) < 4.78 is 53.8. The molecule has 0 aliphatic heterocycles. The molecule has 20 heavy (non-hydrogen) atoms. The second kappa shape index (κ2) is 6.68. The Balaban J connectivity index is 2.46. The van der Waals surface area contributed by atoms with E-state index in [-0.39, 0.29) is 11.6 Å². The predicted molar refractivity (Wildman–Crippen MR) is 74.1 cm³/mol. The summed E-state index contributed by atoms with van der Waals surface area (Å²) in [4.78, 5) is 0. The average Bonchev–Trinajstić information content (AvgIpc) is 2.76. The molecular formula is C10H19N3O5S2. The van der Waals surface area contributed by atoms with Gasteiger partial charge >= 0.3 is 0 Å². The highest BCUT2D eigenvalue weighted by Crippen LogP contribution is 2.16. The van der Waals surface area contributed by atoms with Crippen molar-refractivity contribution >= 4 is 20.0 Å². The van der Waals surface area contributed by atoms with Crippen molar-refractivity contribution in [3.8, 4) is 0 Å². The molecule has 0 aliphatic rings. The maximum absolute atomic E-state index is 11.8. The molecule has 0 aromatic carbocycles. The molecule has 2 N–H and O–H groups in total. The molecule has 1 rings (SSSR count). The number of nitrogens with zero attached hydrogens (tertiary/aromatic N) is 1. The molecule has 0 fully saturated rings. The van der Waals surface area contributed by atoms with Crippen molar-refractivity contribution in [2.24, 2.45) is 0 Å². The van der Waals surface area contributed by atoms with Crippen molar-refractivity contribution < 1.29 is 21.3 Å². The maximum atomic E-state index is 11.8. The van der Waals surface area contributed by atoms with Crippen LogP contribution in [0.15, 0.2) is 21.6 Å². The van der Waals surface area contributed by atoms with Crippen molar-refractivity contribution in [3.63, 3.8) is 0 Å². The van der Waals surface area contributed by atoms with Crippen LogP contribution in [0, 0.1) is 0 Å². The molecule has 0 saturated carbocycles. The van der Waals surface area contributed by atoms with Gasteiger partial charge in [0.25, 0.3) is 10.0 Å². The molecule has 8 nitrogen and oxygen atoms in total. The number of furan rings is 1. The van der Waals surface area contributed by atoms with Crippen LogP contribution in [0.25, 0.3) is 0 Å². The zero-order valence-electron chi connectivity index (χ0n) is 11.6. The minimum absolute atomic E-state index is 0.117. The Labute approximate surface area is 119 Å². The van der Waals surface area contributed by atoms with Crippen LogP contribution >= 0.6 is 0 Å². The third-order valence-corrected chi connectivity index (χ3v) is 4.76. The summed E-state index contributed by atoms with van der Waals surface area (Å²) in [6.45, 7) is 0.973. The molecule has 116 valence electrons. The van der Waals surface area contributed by atoms with E-state index in [4.69, 9.17) is 4.42 Å². The van der Waals surface area contributed by atoms with E-state index in [1.54, 1.807) is 6.07 Å². The number of hydrogen-bond donors (Lipinski definition) is 2. The number of nitrogens with one attached hydrogen (secondary N) is 2. The van der Waals surface area contributed by atoms with Gasteiger partial charge in [0.05, 0.1) is 12.8 Å². The molecule has 0 unspecified atom stereocenters. The van der Waals surface area contributed by atoms with Crippen LogP contribution in [0.5, 0.6) is 0 Å². The Morgan fingerprint density at radius 2 is 1.80 bits per heavy atom. The average molecular weight is 325 g/mol. The van der Waals surface area contributed by atoms with E-state index in [9.17, 15) is 16.8 Å². The number of sulfonamides is 2. The van der Waals surface area contributed by atoms with E-state index in [2.05, 4.69) is 10.0 Å². The molecule has 0 bridgehead atoms. The number of rotatable bonds is 8. The lowest BCUT2D eigenvalue weighted by atomic mass is 10.4. The van der Waals surface area contributed by atoms with Crippen LogP contribution < -0.4 is 10.0 Å². The second-order valence-corrected chi connectivity index (χ2v) is 8.27. The Morgan fingerprint density at radius 1 is 1.15 bits per heavy atom. The zero-order valence-corrected chi connectivity index (χ0v) is 13.2. The largest absolute Gasteiger partial charge is 0.447 e. The first kappa shape index (κ1) is 17.1. The van der Waals surface area contributed by atoms with Crippen molar-refractivity contribution in [2.45, 2.75) is 11.6 Å². The van der Waals surface area contributed by atoms with E-state index in [1.807, 2.05) is 0 Å². The van der Waals surface area contributed by atoms with Crippen molar-refractivity contribution in [3.05, 3.63) is 17.9 Å². The first-order valence-electron chi connectivity index (χ1n) is 5.79. The second-order valence-electron chi connectivity index (χ2n) is 4.35. The minimum Gasteiger partial charge on any atom is -0.447 e. The van der Waals surface area contributed by atoms with Gasteiger partial charge in [0.15, 0.2) is 0 Å². The molecule has 1 heterocycles. The quantitative estimate of drug-likeness (QED) is 0.604.